The van der Waals surface area contributed by atoms with E-state index in [1.54, 1.807) is 18.2 Å². The number of fused-ring (bicyclic) bond motifs is 1. The first kappa shape index (κ1) is 16.4. The second kappa shape index (κ2) is 7.02. The number of hydrogen-bond donors (Lipinski definition) is 1. The largest absolute Gasteiger partial charge is 0.326 e. The third-order valence-electron chi connectivity index (χ3n) is 4.18. The van der Waals surface area contributed by atoms with E-state index in [2.05, 4.69) is 20.9 Å². The van der Waals surface area contributed by atoms with Crippen LogP contribution in [0.25, 0.3) is 11.0 Å². The lowest BCUT2D eigenvalue weighted by molar-refractivity contribution is 0.102. The molecule has 0 aliphatic heterocycles. The Morgan fingerprint density at radius 3 is 2.62 bits per heavy atom. The molecule has 0 bridgehead atoms. The number of aromatic nitrogens is 2. The smallest absolute Gasteiger partial charge is 0.255 e. The molecule has 1 amide bonds. The fourth-order valence-electron chi connectivity index (χ4n) is 2.86. The summed E-state index contributed by atoms with van der Waals surface area (Å²) in [6, 6.07) is 22.7. The van der Waals surface area contributed by atoms with Gasteiger partial charge < -0.3 is 9.88 Å². The van der Waals surface area contributed by atoms with Gasteiger partial charge in [-0.3, -0.25) is 4.79 Å². The zero-order valence-corrected chi connectivity index (χ0v) is 14.6. The van der Waals surface area contributed by atoms with Crippen molar-refractivity contribution >= 4 is 34.2 Å². The summed E-state index contributed by atoms with van der Waals surface area (Å²) in [5.74, 6) is -0.160. The van der Waals surface area contributed by atoms with E-state index in [1.807, 2.05) is 54.9 Å². The molecule has 0 unspecified atom stereocenters. The minimum absolute atomic E-state index is 0.160. The highest BCUT2D eigenvalue weighted by atomic mass is 35.5. The van der Waals surface area contributed by atoms with Crippen molar-refractivity contribution in [2.75, 3.05) is 5.32 Å². The van der Waals surface area contributed by atoms with Gasteiger partial charge in [0, 0.05) is 22.8 Å². The Kier molecular flexibility index (Phi) is 4.42. The molecule has 1 aromatic heterocycles. The molecule has 0 atom stereocenters. The first-order chi connectivity index (χ1) is 12.7. The summed E-state index contributed by atoms with van der Waals surface area (Å²) in [6.07, 6.45) is 1.84. The van der Waals surface area contributed by atoms with Crippen molar-refractivity contribution < 1.29 is 4.79 Å². The standard InChI is InChI=1S/C21H16ClN3O/c22-17-4-3-5-18(12-17)24-21(26)16-10-8-15(9-11-16)13-25-14-23-19-6-1-2-7-20(19)25/h1-12,14H,13H2,(H,24,26). The summed E-state index contributed by atoms with van der Waals surface area (Å²) in [5.41, 5.74) is 4.45. The van der Waals surface area contributed by atoms with Crippen LogP contribution in [0, 0.1) is 0 Å². The predicted octanol–water partition coefficient (Wildman–Crippen LogP) is 4.99. The van der Waals surface area contributed by atoms with Crippen LogP contribution in [0.5, 0.6) is 0 Å². The van der Waals surface area contributed by atoms with E-state index < -0.39 is 0 Å². The molecule has 4 nitrogen and oxygen atoms in total. The van der Waals surface area contributed by atoms with Crippen LogP contribution in [0.1, 0.15) is 15.9 Å². The van der Waals surface area contributed by atoms with Gasteiger partial charge in [0.15, 0.2) is 0 Å². The van der Waals surface area contributed by atoms with Gasteiger partial charge in [0.05, 0.1) is 17.4 Å². The molecule has 128 valence electrons. The molecule has 26 heavy (non-hydrogen) atoms. The number of halogens is 1. The zero-order valence-electron chi connectivity index (χ0n) is 13.9. The average molecular weight is 362 g/mol. The van der Waals surface area contributed by atoms with Crippen molar-refractivity contribution in [2.24, 2.45) is 0 Å². The maximum Gasteiger partial charge on any atom is 0.255 e. The lowest BCUT2D eigenvalue weighted by Gasteiger charge is -2.08. The van der Waals surface area contributed by atoms with Gasteiger partial charge in [0.25, 0.3) is 5.91 Å². The molecular weight excluding hydrogens is 346 g/mol. The second-order valence-electron chi connectivity index (χ2n) is 6.02. The SMILES string of the molecule is O=C(Nc1cccc(Cl)c1)c1ccc(Cn2cnc3ccccc32)cc1. The molecule has 0 spiro atoms. The Hall–Kier alpha value is -3.11. The number of imidazole rings is 1. The molecule has 4 aromatic rings. The lowest BCUT2D eigenvalue weighted by Crippen LogP contribution is -2.11. The fraction of sp³-hybridized carbons (Fsp3) is 0.0476. The highest BCUT2D eigenvalue weighted by molar-refractivity contribution is 6.30. The highest BCUT2D eigenvalue weighted by Crippen LogP contribution is 2.17. The summed E-state index contributed by atoms with van der Waals surface area (Å²) < 4.78 is 2.09. The number of carbonyl (C=O) groups excluding carboxylic acids is 1. The van der Waals surface area contributed by atoms with Crippen LogP contribution in [-0.4, -0.2) is 15.5 Å². The molecule has 1 N–H and O–H groups in total. The molecule has 1 heterocycles. The molecule has 0 saturated carbocycles. The third-order valence-corrected chi connectivity index (χ3v) is 4.41. The van der Waals surface area contributed by atoms with E-state index in [9.17, 15) is 4.79 Å². The molecule has 0 saturated heterocycles. The number of anilines is 1. The predicted molar refractivity (Wildman–Crippen MR) is 105 cm³/mol. The van der Waals surface area contributed by atoms with E-state index >= 15 is 0 Å². The number of carbonyl (C=O) groups is 1. The Morgan fingerprint density at radius 1 is 1.00 bits per heavy atom. The quantitative estimate of drug-likeness (QED) is 0.556. The highest BCUT2D eigenvalue weighted by Gasteiger charge is 2.07. The number of nitrogens with one attached hydrogen (secondary N) is 1. The molecule has 4 rings (SSSR count). The van der Waals surface area contributed by atoms with Crippen LogP contribution in [0.3, 0.4) is 0 Å². The van der Waals surface area contributed by atoms with Crippen LogP contribution in [-0.2, 0) is 6.54 Å². The van der Waals surface area contributed by atoms with Crippen molar-refractivity contribution in [1.29, 1.82) is 0 Å². The van der Waals surface area contributed by atoms with Crippen molar-refractivity contribution in [3.05, 3.63) is 95.3 Å². The van der Waals surface area contributed by atoms with Crippen LogP contribution in [0.15, 0.2) is 79.1 Å². The average Bonchev–Trinajstić information content (AvgIpc) is 3.05. The van der Waals surface area contributed by atoms with E-state index in [1.165, 1.54) is 0 Å². The van der Waals surface area contributed by atoms with Crippen molar-refractivity contribution in [1.82, 2.24) is 9.55 Å². The molecule has 0 radical (unpaired) electrons. The van der Waals surface area contributed by atoms with E-state index in [0.717, 1.165) is 16.6 Å². The van der Waals surface area contributed by atoms with Gasteiger partial charge in [-0.1, -0.05) is 41.9 Å². The number of amides is 1. The summed E-state index contributed by atoms with van der Waals surface area (Å²) in [4.78, 5) is 16.8. The number of hydrogen-bond acceptors (Lipinski definition) is 2. The second-order valence-corrected chi connectivity index (χ2v) is 6.46. The van der Waals surface area contributed by atoms with Gasteiger partial charge in [-0.05, 0) is 48.0 Å². The van der Waals surface area contributed by atoms with Crippen molar-refractivity contribution in [3.63, 3.8) is 0 Å². The van der Waals surface area contributed by atoms with Gasteiger partial charge in [-0.2, -0.15) is 0 Å². The Labute approximate surface area is 156 Å². The minimum atomic E-state index is -0.160. The van der Waals surface area contributed by atoms with Gasteiger partial charge >= 0.3 is 0 Å². The van der Waals surface area contributed by atoms with Gasteiger partial charge in [-0.25, -0.2) is 4.98 Å². The van der Waals surface area contributed by atoms with E-state index in [4.69, 9.17) is 11.6 Å². The molecule has 0 fully saturated rings. The van der Waals surface area contributed by atoms with Crippen molar-refractivity contribution in [2.45, 2.75) is 6.54 Å². The van der Waals surface area contributed by atoms with Crippen LogP contribution in [0.2, 0.25) is 5.02 Å². The Balaban J connectivity index is 1.49. The van der Waals surface area contributed by atoms with Gasteiger partial charge in [-0.15, -0.1) is 0 Å². The fourth-order valence-corrected chi connectivity index (χ4v) is 3.05. The van der Waals surface area contributed by atoms with Gasteiger partial charge in [0.1, 0.15) is 0 Å². The monoisotopic (exact) mass is 361 g/mol. The summed E-state index contributed by atoms with van der Waals surface area (Å²) in [7, 11) is 0. The third kappa shape index (κ3) is 3.46. The first-order valence-corrected chi connectivity index (χ1v) is 8.62. The van der Waals surface area contributed by atoms with Crippen LogP contribution < -0.4 is 5.32 Å². The normalized spacial score (nSPS) is 10.8. The number of para-hydroxylation sites is 2. The topological polar surface area (TPSA) is 46.9 Å². The summed E-state index contributed by atoms with van der Waals surface area (Å²) in [5, 5.41) is 3.44. The maximum atomic E-state index is 12.4. The van der Waals surface area contributed by atoms with E-state index in [0.29, 0.717) is 22.8 Å². The number of nitrogens with zero attached hydrogens (tertiary/aromatic N) is 2. The van der Waals surface area contributed by atoms with Crippen molar-refractivity contribution in [3.8, 4) is 0 Å². The minimum Gasteiger partial charge on any atom is -0.326 e. The van der Waals surface area contributed by atoms with Crippen LogP contribution in [0.4, 0.5) is 5.69 Å². The maximum absolute atomic E-state index is 12.4. The zero-order chi connectivity index (χ0) is 17.9. The lowest BCUT2D eigenvalue weighted by atomic mass is 10.1. The molecule has 3 aromatic carbocycles. The summed E-state index contributed by atoms with van der Waals surface area (Å²) >= 11 is 5.95. The number of rotatable bonds is 4. The Bertz CT molecular complexity index is 1070. The first-order valence-electron chi connectivity index (χ1n) is 8.25. The molecular formula is C21H16ClN3O. The number of benzene rings is 3. The Morgan fingerprint density at radius 2 is 1.81 bits per heavy atom. The van der Waals surface area contributed by atoms with Gasteiger partial charge in [0.2, 0.25) is 0 Å². The molecule has 0 aliphatic carbocycles. The van der Waals surface area contributed by atoms with Crippen LogP contribution >= 0.6 is 11.6 Å². The van der Waals surface area contributed by atoms with E-state index in [-0.39, 0.29) is 5.91 Å². The summed E-state index contributed by atoms with van der Waals surface area (Å²) in [6.45, 7) is 0.705. The molecule has 5 heteroatoms. The molecule has 0 aliphatic rings.